The van der Waals surface area contributed by atoms with E-state index in [1.165, 1.54) is 0 Å². The van der Waals surface area contributed by atoms with Gasteiger partial charge in [0.15, 0.2) is 5.82 Å². The van der Waals surface area contributed by atoms with Gasteiger partial charge in [0.05, 0.1) is 11.1 Å². The molecule has 5 nitrogen and oxygen atoms in total. The molecule has 2 aromatic heterocycles. The lowest BCUT2D eigenvalue weighted by atomic mass is 10.1. The van der Waals surface area contributed by atoms with E-state index in [-0.39, 0.29) is 5.82 Å². The SMILES string of the molecule is Cc1cc(-c2nc(C(C)O)no2)c2ccccc2n1. The second-order valence-electron chi connectivity index (χ2n) is 4.46. The summed E-state index contributed by atoms with van der Waals surface area (Å²) in [5.74, 6) is 0.686. The molecule has 19 heavy (non-hydrogen) atoms. The molecule has 0 amide bonds. The average molecular weight is 255 g/mol. The fourth-order valence-electron chi connectivity index (χ4n) is 2.00. The predicted molar refractivity (Wildman–Crippen MR) is 70.4 cm³/mol. The Morgan fingerprint density at radius 2 is 2.00 bits per heavy atom. The summed E-state index contributed by atoms with van der Waals surface area (Å²) in [4.78, 5) is 8.68. The van der Waals surface area contributed by atoms with Crippen LogP contribution in [0.1, 0.15) is 24.5 Å². The maximum atomic E-state index is 9.45. The molecule has 0 saturated carbocycles. The lowest BCUT2D eigenvalue weighted by Gasteiger charge is -2.03. The number of pyridine rings is 1. The highest BCUT2D eigenvalue weighted by atomic mass is 16.5. The van der Waals surface area contributed by atoms with Crippen LogP contribution in [0.4, 0.5) is 0 Å². The molecule has 1 aromatic carbocycles. The van der Waals surface area contributed by atoms with Crippen LogP contribution in [0, 0.1) is 6.92 Å². The molecule has 1 atom stereocenters. The molecule has 0 saturated heterocycles. The molecule has 0 radical (unpaired) electrons. The largest absolute Gasteiger partial charge is 0.385 e. The summed E-state index contributed by atoms with van der Waals surface area (Å²) in [7, 11) is 0. The van der Waals surface area contributed by atoms with Crippen LogP contribution < -0.4 is 0 Å². The van der Waals surface area contributed by atoms with Crippen molar-refractivity contribution in [3.05, 3.63) is 41.9 Å². The number of aromatic nitrogens is 3. The lowest BCUT2D eigenvalue weighted by molar-refractivity contribution is 0.184. The molecule has 1 unspecified atom stereocenters. The number of rotatable bonds is 2. The van der Waals surface area contributed by atoms with E-state index < -0.39 is 6.10 Å². The maximum absolute atomic E-state index is 9.45. The first-order chi connectivity index (χ1) is 9.15. The second-order valence-corrected chi connectivity index (χ2v) is 4.46. The minimum Gasteiger partial charge on any atom is -0.385 e. The zero-order chi connectivity index (χ0) is 13.4. The van der Waals surface area contributed by atoms with Gasteiger partial charge < -0.3 is 9.63 Å². The highest BCUT2D eigenvalue weighted by Crippen LogP contribution is 2.27. The molecule has 96 valence electrons. The Hall–Kier alpha value is -2.27. The maximum Gasteiger partial charge on any atom is 0.258 e. The van der Waals surface area contributed by atoms with Gasteiger partial charge in [0.2, 0.25) is 0 Å². The Kier molecular flexibility index (Phi) is 2.76. The number of aliphatic hydroxyl groups is 1. The molecule has 3 rings (SSSR count). The summed E-state index contributed by atoms with van der Waals surface area (Å²) in [6, 6.07) is 9.69. The van der Waals surface area contributed by atoms with Crippen molar-refractivity contribution in [1.82, 2.24) is 15.1 Å². The van der Waals surface area contributed by atoms with E-state index in [9.17, 15) is 5.11 Å². The monoisotopic (exact) mass is 255 g/mol. The summed E-state index contributed by atoms with van der Waals surface area (Å²) in [6.07, 6.45) is -0.744. The fourth-order valence-corrected chi connectivity index (χ4v) is 2.00. The van der Waals surface area contributed by atoms with Crippen molar-refractivity contribution in [2.75, 3.05) is 0 Å². The average Bonchev–Trinajstić information content (AvgIpc) is 2.87. The number of nitrogens with zero attached hydrogens (tertiary/aromatic N) is 3. The van der Waals surface area contributed by atoms with Gasteiger partial charge in [-0.15, -0.1) is 0 Å². The second kappa shape index (κ2) is 4.44. The smallest absolute Gasteiger partial charge is 0.258 e. The van der Waals surface area contributed by atoms with Crippen LogP contribution in [0.25, 0.3) is 22.4 Å². The highest BCUT2D eigenvalue weighted by molar-refractivity contribution is 5.92. The number of benzene rings is 1. The van der Waals surface area contributed by atoms with Gasteiger partial charge in [0.1, 0.15) is 6.10 Å². The first kappa shape index (κ1) is 11.8. The van der Waals surface area contributed by atoms with Crippen molar-refractivity contribution >= 4 is 10.9 Å². The van der Waals surface area contributed by atoms with Gasteiger partial charge in [0.25, 0.3) is 5.89 Å². The third-order valence-electron chi connectivity index (χ3n) is 2.89. The van der Waals surface area contributed by atoms with Crippen molar-refractivity contribution < 1.29 is 9.63 Å². The molecule has 0 aliphatic carbocycles. The fraction of sp³-hybridized carbons (Fsp3) is 0.214. The van der Waals surface area contributed by atoms with Gasteiger partial charge >= 0.3 is 0 Å². The first-order valence-electron chi connectivity index (χ1n) is 6.03. The van der Waals surface area contributed by atoms with Crippen molar-refractivity contribution in [2.45, 2.75) is 20.0 Å². The Labute approximate surface area is 109 Å². The van der Waals surface area contributed by atoms with E-state index in [1.54, 1.807) is 6.92 Å². The van der Waals surface area contributed by atoms with Gasteiger partial charge in [-0.25, -0.2) is 0 Å². The summed E-state index contributed by atoms with van der Waals surface area (Å²) < 4.78 is 5.23. The molecule has 0 spiro atoms. The van der Waals surface area contributed by atoms with E-state index in [4.69, 9.17) is 4.52 Å². The Morgan fingerprint density at radius 3 is 2.74 bits per heavy atom. The molecule has 2 heterocycles. The van der Waals surface area contributed by atoms with Gasteiger partial charge in [-0.3, -0.25) is 4.98 Å². The van der Waals surface area contributed by atoms with E-state index in [2.05, 4.69) is 15.1 Å². The zero-order valence-corrected chi connectivity index (χ0v) is 10.7. The van der Waals surface area contributed by atoms with Crippen LogP contribution in [-0.2, 0) is 0 Å². The quantitative estimate of drug-likeness (QED) is 0.762. The molecule has 0 bridgehead atoms. The van der Waals surface area contributed by atoms with Crippen molar-refractivity contribution in [1.29, 1.82) is 0 Å². The Morgan fingerprint density at radius 1 is 1.21 bits per heavy atom. The predicted octanol–water partition coefficient (Wildman–Crippen LogP) is 2.65. The Bertz CT molecular complexity index is 734. The highest BCUT2D eigenvalue weighted by Gasteiger charge is 2.15. The lowest BCUT2D eigenvalue weighted by Crippen LogP contribution is -1.93. The summed E-state index contributed by atoms with van der Waals surface area (Å²) in [5.41, 5.74) is 2.60. The van der Waals surface area contributed by atoms with Crippen LogP contribution in [0.3, 0.4) is 0 Å². The molecular weight excluding hydrogens is 242 g/mol. The minimum absolute atomic E-state index is 0.286. The van der Waals surface area contributed by atoms with Crippen molar-refractivity contribution in [3.8, 4) is 11.5 Å². The number of aliphatic hydroxyl groups excluding tert-OH is 1. The molecule has 1 N–H and O–H groups in total. The van der Waals surface area contributed by atoms with Gasteiger partial charge in [-0.1, -0.05) is 23.4 Å². The topological polar surface area (TPSA) is 72.0 Å². The Balaban J connectivity index is 2.23. The number of aryl methyl sites for hydroxylation is 1. The molecule has 0 aliphatic heterocycles. The van der Waals surface area contributed by atoms with Crippen molar-refractivity contribution in [2.24, 2.45) is 0 Å². The van der Waals surface area contributed by atoms with E-state index in [0.29, 0.717) is 5.89 Å². The number of hydrogen-bond donors (Lipinski definition) is 1. The molecule has 0 aliphatic rings. The van der Waals surface area contributed by atoms with Crippen molar-refractivity contribution in [3.63, 3.8) is 0 Å². The zero-order valence-electron chi connectivity index (χ0n) is 10.7. The van der Waals surface area contributed by atoms with Gasteiger partial charge in [0, 0.05) is 11.1 Å². The molecule has 5 heteroatoms. The molecule has 3 aromatic rings. The van der Waals surface area contributed by atoms with Crippen LogP contribution in [0.2, 0.25) is 0 Å². The number of fused-ring (bicyclic) bond motifs is 1. The molecular formula is C14H13N3O2. The summed E-state index contributed by atoms with van der Waals surface area (Å²) >= 11 is 0. The standard InChI is InChI=1S/C14H13N3O2/c1-8-7-11(10-5-3-4-6-12(10)15-8)14-16-13(9(2)18)17-19-14/h3-7,9,18H,1-2H3. The van der Waals surface area contributed by atoms with E-state index >= 15 is 0 Å². The summed E-state index contributed by atoms with van der Waals surface area (Å²) in [5, 5.41) is 14.2. The third-order valence-corrected chi connectivity index (χ3v) is 2.89. The van der Waals surface area contributed by atoms with Crippen LogP contribution in [0.15, 0.2) is 34.9 Å². The van der Waals surface area contributed by atoms with Crippen LogP contribution in [0.5, 0.6) is 0 Å². The van der Waals surface area contributed by atoms with Crippen LogP contribution in [-0.4, -0.2) is 20.2 Å². The third kappa shape index (κ3) is 2.08. The minimum atomic E-state index is -0.744. The number of para-hydroxylation sites is 1. The summed E-state index contributed by atoms with van der Waals surface area (Å²) in [6.45, 7) is 3.52. The molecule has 0 fully saturated rings. The first-order valence-corrected chi connectivity index (χ1v) is 6.03. The van der Waals surface area contributed by atoms with E-state index in [1.807, 2.05) is 37.3 Å². The normalized spacial score (nSPS) is 12.8. The van der Waals surface area contributed by atoms with E-state index in [0.717, 1.165) is 22.2 Å². The van der Waals surface area contributed by atoms with Gasteiger partial charge in [-0.05, 0) is 26.0 Å². The van der Waals surface area contributed by atoms with Crippen LogP contribution >= 0.6 is 0 Å². The number of hydrogen-bond acceptors (Lipinski definition) is 5. The van der Waals surface area contributed by atoms with Gasteiger partial charge in [-0.2, -0.15) is 4.98 Å².